The molecule has 0 saturated heterocycles. The first-order chi connectivity index (χ1) is 6.49. The van der Waals surface area contributed by atoms with Crippen LogP contribution in [0.2, 0.25) is 0 Å². The number of benzene rings is 1. The molecule has 2 nitrogen and oxygen atoms in total. The molecule has 0 aliphatic rings. The Kier molecular flexibility index (Phi) is 3.00. The fourth-order valence-electron chi connectivity index (χ4n) is 1.18. The third-order valence-electron chi connectivity index (χ3n) is 1.92. The van der Waals surface area contributed by atoms with Crippen molar-refractivity contribution in [2.24, 2.45) is 5.73 Å². The van der Waals surface area contributed by atoms with Crippen LogP contribution in [0.5, 0.6) is 0 Å². The first kappa shape index (κ1) is 10.8. The van der Waals surface area contributed by atoms with E-state index < -0.39 is 11.7 Å². The third-order valence-corrected chi connectivity index (χ3v) is 1.92. The molecule has 0 aromatic heterocycles. The highest BCUT2D eigenvalue weighted by Crippen LogP contribution is 2.31. The quantitative estimate of drug-likeness (QED) is 0.775. The Morgan fingerprint density at radius 2 is 2.00 bits per heavy atom. The Bertz CT molecular complexity index is 320. The number of nitrogens with two attached hydrogens (primary N) is 1. The van der Waals surface area contributed by atoms with Crippen molar-refractivity contribution in [3.63, 3.8) is 0 Å². The van der Waals surface area contributed by atoms with E-state index in [9.17, 15) is 13.2 Å². The maximum Gasteiger partial charge on any atom is 0.416 e. The summed E-state index contributed by atoms with van der Waals surface area (Å²) in [5, 5.41) is 2.78. The molecule has 0 saturated carbocycles. The molecular formula is C9H11F3N2. The van der Waals surface area contributed by atoms with Gasteiger partial charge in [0.25, 0.3) is 0 Å². The van der Waals surface area contributed by atoms with Gasteiger partial charge in [0, 0.05) is 19.3 Å². The lowest BCUT2D eigenvalue weighted by Crippen LogP contribution is -2.08. The van der Waals surface area contributed by atoms with Crippen molar-refractivity contribution in [2.45, 2.75) is 12.7 Å². The largest absolute Gasteiger partial charge is 0.416 e. The van der Waals surface area contributed by atoms with E-state index in [1.165, 1.54) is 6.07 Å². The summed E-state index contributed by atoms with van der Waals surface area (Å²) >= 11 is 0. The zero-order chi connectivity index (χ0) is 10.8. The Morgan fingerprint density at radius 3 is 2.43 bits per heavy atom. The van der Waals surface area contributed by atoms with Crippen molar-refractivity contribution in [3.8, 4) is 0 Å². The van der Waals surface area contributed by atoms with E-state index in [1.54, 1.807) is 7.05 Å². The van der Waals surface area contributed by atoms with Crippen molar-refractivity contribution < 1.29 is 13.2 Å². The fourth-order valence-corrected chi connectivity index (χ4v) is 1.18. The predicted molar refractivity (Wildman–Crippen MR) is 48.9 cm³/mol. The van der Waals surface area contributed by atoms with Crippen molar-refractivity contribution in [1.29, 1.82) is 0 Å². The Hall–Kier alpha value is -1.23. The van der Waals surface area contributed by atoms with E-state index in [4.69, 9.17) is 5.73 Å². The van der Waals surface area contributed by atoms with Crippen LogP contribution in [-0.4, -0.2) is 7.05 Å². The first-order valence-corrected chi connectivity index (χ1v) is 4.07. The smallest absolute Gasteiger partial charge is 0.388 e. The number of rotatable bonds is 2. The molecule has 0 fully saturated rings. The maximum absolute atomic E-state index is 12.3. The molecule has 14 heavy (non-hydrogen) atoms. The molecule has 0 bridgehead atoms. The average Bonchev–Trinajstić information content (AvgIpc) is 2.15. The van der Waals surface area contributed by atoms with E-state index in [0.717, 1.165) is 12.1 Å². The minimum absolute atomic E-state index is 0.0834. The molecule has 1 aromatic carbocycles. The highest BCUT2D eigenvalue weighted by atomic mass is 19.4. The Labute approximate surface area is 79.9 Å². The summed E-state index contributed by atoms with van der Waals surface area (Å²) in [4.78, 5) is 0. The van der Waals surface area contributed by atoms with Gasteiger partial charge in [-0.05, 0) is 23.8 Å². The Morgan fingerprint density at radius 1 is 1.36 bits per heavy atom. The van der Waals surface area contributed by atoms with Crippen LogP contribution < -0.4 is 11.1 Å². The normalized spacial score (nSPS) is 11.5. The summed E-state index contributed by atoms with van der Waals surface area (Å²) in [6, 6.07) is 3.47. The molecule has 0 aliphatic carbocycles. The van der Waals surface area contributed by atoms with Crippen LogP contribution in [0.3, 0.4) is 0 Å². The summed E-state index contributed by atoms with van der Waals surface area (Å²) in [6.07, 6.45) is -4.31. The number of nitrogens with one attached hydrogen (secondary N) is 1. The van der Waals surface area contributed by atoms with Crippen molar-refractivity contribution >= 4 is 5.69 Å². The van der Waals surface area contributed by atoms with Crippen LogP contribution in [0.4, 0.5) is 18.9 Å². The summed E-state index contributed by atoms with van der Waals surface area (Å²) < 4.78 is 36.8. The molecule has 1 rings (SSSR count). The van der Waals surface area contributed by atoms with Gasteiger partial charge in [-0.2, -0.15) is 13.2 Å². The second-order valence-corrected chi connectivity index (χ2v) is 2.82. The lowest BCUT2D eigenvalue weighted by atomic mass is 10.1. The molecule has 0 aliphatic heterocycles. The van der Waals surface area contributed by atoms with Gasteiger partial charge in [0.1, 0.15) is 0 Å². The van der Waals surface area contributed by atoms with E-state index in [-0.39, 0.29) is 6.54 Å². The SMILES string of the molecule is CNc1ccc(C(F)(F)F)cc1CN. The van der Waals surface area contributed by atoms with Gasteiger partial charge in [0.15, 0.2) is 0 Å². The highest BCUT2D eigenvalue weighted by molar-refractivity contribution is 5.52. The molecular weight excluding hydrogens is 193 g/mol. The van der Waals surface area contributed by atoms with Gasteiger partial charge in [-0.1, -0.05) is 0 Å². The molecule has 0 spiro atoms. The zero-order valence-electron chi connectivity index (χ0n) is 7.65. The van der Waals surface area contributed by atoms with Crippen LogP contribution >= 0.6 is 0 Å². The summed E-state index contributed by atoms with van der Waals surface area (Å²) in [5.41, 5.74) is 5.75. The summed E-state index contributed by atoms with van der Waals surface area (Å²) in [5.74, 6) is 0. The molecule has 0 amide bonds. The van der Waals surface area contributed by atoms with Crippen LogP contribution in [0.15, 0.2) is 18.2 Å². The van der Waals surface area contributed by atoms with E-state index in [0.29, 0.717) is 11.3 Å². The molecule has 0 heterocycles. The van der Waals surface area contributed by atoms with E-state index in [1.807, 2.05) is 0 Å². The van der Waals surface area contributed by atoms with Crippen molar-refractivity contribution in [2.75, 3.05) is 12.4 Å². The van der Waals surface area contributed by atoms with Gasteiger partial charge in [-0.3, -0.25) is 0 Å². The minimum Gasteiger partial charge on any atom is -0.388 e. The predicted octanol–water partition coefficient (Wildman–Crippen LogP) is 2.21. The highest BCUT2D eigenvalue weighted by Gasteiger charge is 2.30. The monoisotopic (exact) mass is 204 g/mol. The van der Waals surface area contributed by atoms with Crippen LogP contribution in [-0.2, 0) is 12.7 Å². The Balaban J connectivity index is 3.14. The van der Waals surface area contributed by atoms with Gasteiger partial charge >= 0.3 is 6.18 Å². The summed E-state index contributed by atoms with van der Waals surface area (Å²) in [7, 11) is 1.64. The fraction of sp³-hybridized carbons (Fsp3) is 0.333. The number of halogens is 3. The molecule has 0 atom stereocenters. The minimum atomic E-state index is -4.31. The van der Waals surface area contributed by atoms with Crippen LogP contribution in [0.1, 0.15) is 11.1 Å². The van der Waals surface area contributed by atoms with Crippen molar-refractivity contribution in [1.82, 2.24) is 0 Å². The standard InChI is InChI=1S/C9H11F3N2/c1-14-8-3-2-7(9(10,11)12)4-6(8)5-13/h2-4,14H,5,13H2,1H3. The number of anilines is 1. The van der Waals surface area contributed by atoms with E-state index >= 15 is 0 Å². The lowest BCUT2D eigenvalue weighted by molar-refractivity contribution is -0.137. The topological polar surface area (TPSA) is 38.0 Å². The second-order valence-electron chi connectivity index (χ2n) is 2.82. The maximum atomic E-state index is 12.3. The van der Waals surface area contributed by atoms with Gasteiger partial charge in [0.2, 0.25) is 0 Å². The second kappa shape index (κ2) is 3.88. The molecule has 5 heteroatoms. The third kappa shape index (κ3) is 2.17. The molecule has 0 unspecified atom stereocenters. The van der Waals surface area contributed by atoms with Gasteiger partial charge in [-0.15, -0.1) is 0 Å². The van der Waals surface area contributed by atoms with Crippen LogP contribution in [0.25, 0.3) is 0 Å². The zero-order valence-corrected chi connectivity index (χ0v) is 7.65. The van der Waals surface area contributed by atoms with Gasteiger partial charge < -0.3 is 11.1 Å². The molecule has 0 radical (unpaired) electrons. The number of alkyl halides is 3. The number of hydrogen-bond acceptors (Lipinski definition) is 2. The number of hydrogen-bond donors (Lipinski definition) is 2. The van der Waals surface area contributed by atoms with Crippen LogP contribution in [0, 0.1) is 0 Å². The molecule has 78 valence electrons. The van der Waals surface area contributed by atoms with Gasteiger partial charge in [-0.25, -0.2) is 0 Å². The molecule has 3 N–H and O–H groups in total. The van der Waals surface area contributed by atoms with Gasteiger partial charge in [0.05, 0.1) is 5.56 Å². The van der Waals surface area contributed by atoms with Crippen molar-refractivity contribution in [3.05, 3.63) is 29.3 Å². The molecule has 1 aromatic rings. The first-order valence-electron chi connectivity index (χ1n) is 4.07. The van der Waals surface area contributed by atoms with E-state index in [2.05, 4.69) is 5.32 Å². The lowest BCUT2D eigenvalue weighted by Gasteiger charge is -2.11. The summed E-state index contributed by atoms with van der Waals surface area (Å²) in [6.45, 7) is 0.0834. The average molecular weight is 204 g/mol.